The Morgan fingerprint density at radius 1 is 1.24 bits per heavy atom. The number of aryl methyl sites for hydroxylation is 2. The van der Waals surface area contributed by atoms with Crippen LogP contribution in [0.5, 0.6) is 0 Å². The van der Waals surface area contributed by atoms with Crippen LogP contribution < -0.4 is 5.32 Å². The van der Waals surface area contributed by atoms with Crippen LogP contribution in [0.1, 0.15) is 35.8 Å². The van der Waals surface area contributed by atoms with E-state index in [-0.39, 0.29) is 12.1 Å². The number of nitrogens with one attached hydrogen (secondary N) is 1. The van der Waals surface area contributed by atoms with Gasteiger partial charge in [0.05, 0.1) is 0 Å². The summed E-state index contributed by atoms with van der Waals surface area (Å²) in [5.41, 5.74) is 4.85. The van der Waals surface area contributed by atoms with E-state index >= 15 is 0 Å². The molecule has 0 radical (unpaired) electrons. The van der Waals surface area contributed by atoms with Gasteiger partial charge in [-0.25, -0.2) is 14.8 Å². The molecule has 0 spiro atoms. The summed E-state index contributed by atoms with van der Waals surface area (Å²) in [6.07, 6.45) is 3.52. The van der Waals surface area contributed by atoms with Gasteiger partial charge in [-0.2, -0.15) is 0 Å². The molecule has 1 N–H and O–H groups in total. The van der Waals surface area contributed by atoms with Crippen molar-refractivity contribution in [2.45, 2.75) is 39.3 Å². The van der Waals surface area contributed by atoms with E-state index in [1.807, 2.05) is 43.0 Å². The lowest BCUT2D eigenvalue weighted by atomic mass is 10.0. The third-order valence-corrected chi connectivity index (χ3v) is 5.55. The first kappa shape index (κ1) is 19.4. The number of benzene rings is 1. The van der Waals surface area contributed by atoms with E-state index in [0.29, 0.717) is 19.7 Å². The number of hydrogen-bond donors (Lipinski definition) is 1. The lowest BCUT2D eigenvalue weighted by Gasteiger charge is -2.33. The van der Waals surface area contributed by atoms with E-state index in [1.165, 1.54) is 0 Å². The van der Waals surface area contributed by atoms with Crippen LogP contribution in [0, 0.1) is 13.8 Å². The summed E-state index contributed by atoms with van der Waals surface area (Å²) in [5, 5.41) is 3.07. The Morgan fingerprint density at radius 3 is 2.79 bits per heavy atom. The van der Waals surface area contributed by atoms with Gasteiger partial charge in [0, 0.05) is 38.1 Å². The van der Waals surface area contributed by atoms with Crippen molar-refractivity contribution in [2.75, 3.05) is 25.5 Å². The highest BCUT2D eigenvalue weighted by molar-refractivity contribution is 5.90. The quantitative estimate of drug-likeness (QED) is 0.725. The molecule has 0 saturated carbocycles. The molecule has 2 aromatic heterocycles. The van der Waals surface area contributed by atoms with Crippen molar-refractivity contribution >= 4 is 22.9 Å². The lowest BCUT2D eigenvalue weighted by Crippen LogP contribution is -2.41. The highest BCUT2D eigenvalue weighted by atomic mass is 16.5. The molecule has 0 atom stereocenters. The molecule has 1 fully saturated rings. The molecule has 0 aliphatic carbocycles. The SMILES string of the molecule is COCc1nc2cccnc2n1C1CCN(C(=O)Nc2cc(C)ccc2C)CC1. The number of imidazole rings is 1. The van der Waals surface area contributed by atoms with Crippen molar-refractivity contribution in [3.8, 4) is 0 Å². The summed E-state index contributed by atoms with van der Waals surface area (Å²) in [5.74, 6) is 0.888. The molecule has 1 aliphatic rings. The number of likely N-dealkylation sites (tertiary alicyclic amines) is 1. The minimum Gasteiger partial charge on any atom is -0.377 e. The number of amides is 2. The van der Waals surface area contributed by atoms with Crippen molar-refractivity contribution in [3.63, 3.8) is 0 Å². The largest absolute Gasteiger partial charge is 0.377 e. The molecular formula is C22H27N5O2. The minimum absolute atomic E-state index is 0.0390. The maximum atomic E-state index is 12.8. The summed E-state index contributed by atoms with van der Waals surface area (Å²) in [7, 11) is 1.68. The van der Waals surface area contributed by atoms with Crippen LogP contribution >= 0.6 is 0 Å². The van der Waals surface area contributed by atoms with Gasteiger partial charge in [0.15, 0.2) is 5.65 Å². The molecule has 152 valence electrons. The average molecular weight is 393 g/mol. The molecule has 1 saturated heterocycles. The minimum atomic E-state index is -0.0390. The number of aromatic nitrogens is 3. The Hall–Kier alpha value is -2.93. The van der Waals surface area contributed by atoms with E-state index in [1.54, 1.807) is 13.3 Å². The summed E-state index contributed by atoms with van der Waals surface area (Å²) < 4.78 is 7.54. The second kappa shape index (κ2) is 8.21. The van der Waals surface area contributed by atoms with Gasteiger partial charge in [-0.1, -0.05) is 12.1 Å². The molecule has 3 aromatic rings. The molecule has 0 unspecified atom stereocenters. The van der Waals surface area contributed by atoms with Crippen LogP contribution in [0.15, 0.2) is 36.5 Å². The van der Waals surface area contributed by atoms with Gasteiger partial charge in [0.1, 0.15) is 17.9 Å². The highest BCUT2D eigenvalue weighted by Crippen LogP contribution is 2.29. The number of anilines is 1. The van der Waals surface area contributed by atoms with Crippen molar-refractivity contribution in [1.82, 2.24) is 19.4 Å². The van der Waals surface area contributed by atoms with Gasteiger partial charge in [-0.15, -0.1) is 0 Å². The number of urea groups is 1. The fraction of sp³-hybridized carbons (Fsp3) is 0.409. The first-order valence-electron chi connectivity index (χ1n) is 10.0. The van der Waals surface area contributed by atoms with Crippen LogP contribution in [0.3, 0.4) is 0 Å². The smallest absolute Gasteiger partial charge is 0.321 e. The first-order chi connectivity index (χ1) is 14.1. The fourth-order valence-corrected chi connectivity index (χ4v) is 3.98. The molecule has 0 bridgehead atoms. The number of pyridine rings is 1. The van der Waals surface area contributed by atoms with E-state index < -0.39 is 0 Å². The van der Waals surface area contributed by atoms with E-state index in [2.05, 4.69) is 25.9 Å². The third-order valence-electron chi connectivity index (χ3n) is 5.55. The molecule has 1 aliphatic heterocycles. The Labute approximate surface area is 170 Å². The molecule has 1 aromatic carbocycles. The molecule has 2 amide bonds. The second-order valence-electron chi connectivity index (χ2n) is 7.64. The maximum absolute atomic E-state index is 12.8. The summed E-state index contributed by atoms with van der Waals surface area (Å²) >= 11 is 0. The zero-order chi connectivity index (χ0) is 20.4. The number of fused-ring (bicyclic) bond motifs is 1. The monoisotopic (exact) mass is 393 g/mol. The number of ether oxygens (including phenoxy) is 1. The number of methoxy groups -OCH3 is 1. The van der Waals surface area contributed by atoms with Crippen LogP contribution in [0.25, 0.3) is 11.2 Å². The second-order valence-corrected chi connectivity index (χ2v) is 7.64. The van der Waals surface area contributed by atoms with Crippen LogP contribution in [0.2, 0.25) is 0 Å². The number of rotatable bonds is 4. The maximum Gasteiger partial charge on any atom is 0.321 e. The van der Waals surface area contributed by atoms with Gasteiger partial charge in [0.2, 0.25) is 0 Å². The third kappa shape index (κ3) is 3.96. The molecule has 7 heteroatoms. The molecule has 4 rings (SSSR count). The topological polar surface area (TPSA) is 72.3 Å². The number of carbonyl (C=O) groups is 1. The molecular weight excluding hydrogens is 366 g/mol. The average Bonchev–Trinajstić information content (AvgIpc) is 3.09. The first-order valence-corrected chi connectivity index (χ1v) is 10.0. The van der Waals surface area contributed by atoms with Crippen LogP contribution in [-0.2, 0) is 11.3 Å². The van der Waals surface area contributed by atoms with Crippen molar-refractivity contribution in [2.24, 2.45) is 0 Å². The number of hydrogen-bond acceptors (Lipinski definition) is 4. The van der Waals surface area contributed by atoms with Gasteiger partial charge < -0.3 is 19.5 Å². The summed E-state index contributed by atoms with van der Waals surface area (Å²) in [6.45, 7) is 5.88. The Bertz CT molecular complexity index is 1020. The predicted octanol–water partition coefficient (Wildman–Crippen LogP) is 4.06. The van der Waals surface area contributed by atoms with Gasteiger partial charge in [-0.3, -0.25) is 0 Å². The van der Waals surface area contributed by atoms with Crippen molar-refractivity contribution in [1.29, 1.82) is 0 Å². The zero-order valence-electron chi connectivity index (χ0n) is 17.2. The Balaban J connectivity index is 1.47. The van der Waals surface area contributed by atoms with Crippen molar-refractivity contribution in [3.05, 3.63) is 53.5 Å². The van der Waals surface area contributed by atoms with Gasteiger partial charge in [-0.05, 0) is 56.0 Å². The number of piperidine rings is 1. The van der Waals surface area contributed by atoms with E-state index in [4.69, 9.17) is 4.74 Å². The predicted molar refractivity (Wildman–Crippen MR) is 113 cm³/mol. The molecule has 7 nitrogen and oxygen atoms in total. The normalized spacial score (nSPS) is 15.1. The van der Waals surface area contributed by atoms with Gasteiger partial charge in [0.25, 0.3) is 0 Å². The standard InChI is InChI=1S/C22H27N5O2/c1-15-6-7-16(2)19(13-15)25-22(28)26-11-8-17(9-12-26)27-20(14-29-3)24-18-5-4-10-23-21(18)27/h4-7,10,13,17H,8-9,11-12,14H2,1-3H3,(H,25,28). The number of nitrogens with zero attached hydrogens (tertiary/aromatic N) is 4. The van der Waals surface area contributed by atoms with E-state index in [0.717, 1.165) is 46.6 Å². The van der Waals surface area contributed by atoms with Gasteiger partial charge >= 0.3 is 6.03 Å². The van der Waals surface area contributed by atoms with Crippen LogP contribution in [0.4, 0.5) is 10.5 Å². The zero-order valence-corrected chi connectivity index (χ0v) is 17.2. The highest BCUT2D eigenvalue weighted by Gasteiger charge is 2.27. The van der Waals surface area contributed by atoms with Crippen LogP contribution in [-0.4, -0.2) is 45.7 Å². The number of carbonyl (C=O) groups excluding carboxylic acids is 1. The van der Waals surface area contributed by atoms with E-state index in [9.17, 15) is 4.79 Å². The van der Waals surface area contributed by atoms with Crippen molar-refractivity contribution < 1.29 is 9.53 Å². The summed E-state index contributed by atoms with van der Waals surface area (Å²) in [6, 6.07) is 10.2. The lowest BCUT2D eigenvalue weighted by molar-refractivity contribution is 0.162. The Morgan fingerprint density at radius 2 is 2.03 bits per heavy atom. The Kier molecular flexibility index (Phi) is 5.49. The molecule has 29 heavy (non-hydrogen) atoms. The molecule has 3 heterocycles. The summed E-state index contributed by atoms with van der Waals surface area (Å²) in [4.78, 5) is 23.9. The fourth-order valence-electron chi connectivity index (χ4n) is 3.98.